The number of thioether (sulfide) groups is 1. The Bertz CT molecular complexity index is 762. The summed E-state index contributed by atoms with van der Waals surface area (Å²) in [7, 11) is 0. The molecule has 0 radical (unpaired) electrons. The molecule has 7 nitrogen and oxygen atoms in total. The minimum Gasteiger partial charge on any atom is -0.394 e. The Morgan fingerprint density at radius 1 is 1.18 bits per heavy atom. The zero-order valence-corrected chi connectivity index (χ0v) is 22.0. The van der Waals surface area contributed by atoms with E-state index in [1.807, 2.05) is 13.8 Å². The van der Waals surface area contributed by atoms with E-state index >= 15 is 0 Å². The summed E-state index contributed by atoms with van der Waals surface area (Å²) in [6, 6.07) is -1.09. The van der Waals surface area contributed by atoms with Crippen molar-refractivity contribution >= 4 is 29.5 Å². The van der Waals surface area contributed by atoms with Crippen LogP contribution in [-0.2, 0) is 14.4 Å². The van der Waals surface area contributed by atoms with Crippen molar-refractivity contribution in [3.05, 3.63) is 0 Å². The van der Waals surface area contributed by atoms with Crippen molar-refractivity contribution in [2.24, 2.45) is 17.8 Å². The van der Waals surface area contributed by atoms with Crippen molar-refractivity contribution in [2.75, 3.05) is 13.2 Å². The molecule has 33 heavy (non-hydrogen) atoms. The number of hydrogen-bond acceptors (Lipinski definition) is 5. The van der Waals surface area contributed by atoms with Gasteiger partial charge in [-0.15, -0.1) is 11.8 Å². The Hall–Kier alpha value is -1.28. The van der Waals surface area contributed by atoms with E-state index in [1.54, 1.807) is 16.7 Å². The van der Waals surface area contributed by atoms with Crippen LogP contribution in [0, 0.1) is 17.8 Å². The lowest BCUT2D eigenvalue weighted by atomic mass is 9.66. The van der Waals surface area contributed by atoms with Crippen LogP contribution >= 0.6 is 11.8 Å². The van der Waals surface area contributed by atoms with Crippen LogP contribution < -0.4 is 10.6 Å². The maximum atomic E-state index is 14.1. The van der Waals surface area contributed by atoms with Gasteiger partial charge in [-0.2, -0.15) is 0 Å². The molecule has 3 aliphatic heterocycles. The van der Waals surface area contributed by atoms with E-state index in [9.17, 15) is 19.5 Å². The Labute approximate surface area is 203 Å². The van der Waals surface area contributed by atoms with Crippen molar-refractivity contribution in [1.82, 2.24) is 15.5 Å². The quantitative estimate of drug-likeness (QED) is 0.421. The molecule has 0 aromatic carbocycles. The molecule has 3 saturated heterocycles. The van der Waals surface area contributed by atoms with Crippen molar-refractivity contribution in [2.45, 2.75) is 108 Å². The molecule has 3 amide bonds. The van der Waals surface area contributed by atoms with Crippen molar-refractivity contribution < 1.29 is 19.5 Å². The van der Waals surface area contributed by atoms with Crippen LogP contribution in [-0.4, -0.2) is 68.5 Å². The highest BCUT2D eigenvalue weighted by molar-refractivity contribution is 8.02. The van der Waals surface area contributed by atoms with Crippen LogP contribution in [0.3, 0.4) is 0 Å². The van der Waals surface area contributed by atoms with E-state index < -0.39 is 28.7 Å². The standard InChI is InChI=1S/C25H43N3O4S/c1-7-9-16(5)27-22(31)20-25-11-10-24(6,33-25)18(21(30)26-12-8-2)19(25)23(32)28(20)17(14-29)13-15(3)4/h15-20,29H,7-14H2,1-6H3,(H,26,30)(H,27,31)/t16?,17-,18+,19+,20?,24-,25?/m1/s1. The summed E-state index contributed by atoms with van der Waals surface area (Å²) in [6.45, 7) is 12.7. The molecule has 3 fully saturated rings. The fraction of sp³-hybridized carbons (Fsp3) is 0.880. The van der Waals surface area contributed by atoms with Gasteiger partial charge < -0.3 is 20.6 Å². The first-order chi connectivity index (χ1) is 15.6. The minimum atomic E-state index is -0.666. The highest BCUT2D eigenvalue weighted by atomic mass is 32.2. The average Bonchev–Trinajstić information content (AvgIpc) is 3.31. The fourth-order valence-corrected chi connectivity index (χ4v) is 8.81. The molecular weight excluding hydrogens is 438 g/mol. The van der Waals surface area contributed by atoms with E-state index in [2.05, 4.69) is 38.3 Å². The van der Waals surface area contributed by atoms with Crippen LogP contribution in [0.5, 0.6) is 0 Å². The van der Waals surface area contributed by atoms with Crippen LogP contribution in [0.1, 0.15) is 80.1 Å². The Kier molecular flexibility index (Phi) is 8.09. The molecule has 3 unspecified atom stereocenters. The molecular formula is C25H43N3O4S. The zero-order valence-electron chi connectivity index (χ0n) is 21.1. The van der Waals surface area contributed by atoms with Gasteiger partial charge in [0.2, 0.25) is 17.7 Å². The molecule has 7 atom stereocenters. The molecule has 1 spiro atoms. The SMILES string of the molecule is CCCNC(=O)[C@@H]1[C@H]2C(=O)N([C@@H](CO)CC(C)C)C(C(=O)NC(C)CCC)C23CC[C@@]1(C)S3. The molecule has 0 saturated carbocycles. The summed E-state index contributed by atoms with van der Waals surface area (Å²) < 4.78 is -0.981. The third-order valence-corrected chi connectivity index (χ3v) is 9.74. The van der Waals surface area contributed by atoms with Crippen molar-refractivity contribution in [3.63, 3.8) is 0 Å². The summed E-state index contributed by atoms with van der Waals surface area (Å²) in [5.74, 6) is -1.07. The lowest BCUT2D eigenvalue weighted by molar-refractivity contribution is -0.143. The molecule has 3 aliphatic rings. The molecule has 3 N–H and O–H groups in total. The highest BCUT2D eigenvalue weighted by Crippen LogP contribution is 2.71. The van der Waals surface area contributed by atoms with Crippen LogP contribution in [0.25, 0.3) is 0 Å². The Morgan fingerprint density at radius 3 is 2.45 bits per heavy atom. The van der Waals surface area contributed by atoms with Gasteiger partial charge in [-0.05, 0) is 51.9 Å². The lowest BCUT2D eigenvalue weighted by Gasteiger charge is -2.38. The second-order valence-electron chi connectivity index (χ2n) is 10.9. The monoisotopic (exact) mass is 481 g/mol. The van der Waals surface area contributed by atoms with Gasteiger partial charge in [-0.25, -0.2) is 0 Å². The number of aliphatic hydroxyl groups excluding tert-OH is 1. The predicted octanol–water partition coefficient (Wildman–Crippen LogP) is 2.71. The number of aliphatic hydroxyl groups is 1. The van der Waals surface area contributed by atoms with E-state index in [-0.39, 0.29) is 41.0 Å². The highest BCUT2D eigenvalue weighted by Gasteiger charge is 2.77. The van der Waals surface area contributed by atoms with Gasteiger partial charge in [0.15, 0.2) is 0 Å². The third-order valence-electron chi connectivity index (χ3n) is 7.75. The number of nitrogens with one attached hydrogen (secondary N) is 2. The van der Waals surface area contributed by atoms with Crippen LogP contribution in [0.2, 0.25) is 0 Å². The van der Waals surface area contributed by atoms with E-state index in [4.69, 9.17) is 0 Å². The fourth-order valence-electron chi connectivity index (χ4n) is 6.46. The first-order valence-electron chi connectivity index (χ1n) is 12.8. The largest absolute Gasteiger partial charge is 0.394 e. The van der Waals surface area contributed by atoms with Gasteiger partial charge in [0, 0.05) is 17.3 Å². The number of likely N-dealkylation sites (tertiary alicyclic amines) is 1. The van der Waals surface area contributed by atoms with E-state index in [1.165, 1.54) is 0 Å². The molecule has 0 aromatic heterocycles. The molecule has 0 aromatic rings. The summed E-state index contributed by atoms with van der Waals surface area (Å²) >= 11 is 1.69. The van der Waals surface area contributed by atoms with Gasteiger partial charge in [-0.1, -0.05) is 34.1 Å². The first kappa shape index (κ1) is 26.3. The van der Waals surface area contributed by atoms with Crippen LogP contribution in [0.4, 0.5) is 0 Å². The maximum Gasteiger partial charge on any atom is 0.244 e. The predicted molar refractivity (Wildman–Crippen MR) is 132 cm³/mol. The third kappa shape index (κ3) is 4.54. The van der Waals surface area contributed by atoms with E-state index in [0.717, 1.165) is 32.1 Å². The lowest BCUT2D eigenvalue weighted by Crippen LogP contribution is -2.57. The minimum absolute atomic E-state index is 0.00965. The molecule has 2 bridgehead atoms. The maximum absolute atomic E-state index is 14.1. The number of hydrogen-bond donors (Lipinski definition) is 3. The van der Waals surface area contributed by atoms with Gasteiger partial charge in [-0.3, -0.25) is 14.4 Å². The Balaban J connectivity index is 2.04. The smallest absolute Gasteiger partial charge is 0.244 e. The molecule has 3 rings (SSSR count). The number of carbonyl (C=O) groups excluding carboxylic acids is 3. The summed E-state index contributed by atoms with van der Waals surface area (Å²) in [5, 5.41) is 16.5. The second kappa shape index (κ2) is 10.1. The number of carbonyl (C=O) groups is 3. The molecule has 0 aliphatic carbocycles. The van der Waals surface area contributed by atoms with Gasteiger partial charge in [0.25, 0.3) is 0 Å². The number of fused-ring (bicyclic) bond motifs is 1. The number of nitrogens with zero attached hydrogens (tertiary/aromatic N) is 1. The van der Waals surface area contributed by atoms with Gasteiger partial charge in [0.05, 0.1) is 29.2 Å². The number of rotatable bonds is 11. The topological polar surface area (TPSA) is 98.7 Å². The molecule has 3 heterocycles. The summed E-state index contributed by atoms with van der Waals surface area (Å²) in [5.41, 5.74) is 0. The van der Waals surface area contributed by atoms with Gasteiger partial charge in [0.1, 0.15) is 6.04 Å². The molecule has 188 valence electrons. The normalized spacial score (nSPS) is 34.5. The summed E-state index contributed by atoms with van der Waals surface area (Å²) in [6.07, 6.45) is 4.82. The van der Waals surface area contributed by atoms with E-state index in [0.29, 0.717) is 13.0 Å². The molecule has 8 heteroatoms. The number of amides is 3. The van der Waals surface area contributed by atoms with Crippen molar-refractivity contribution in [1.29, 1.82) is 0 Å². The second-order valence-corrected chi connectivity index (χ2v) is 12.8. The Morgan fingerprint density at radius 2 is 1.88 bits per heavy atom. The van der Waals surface area contributed by atoms with Gasteiger partial charge >= 0.3 is 0 Å². The first-order valence-corrected chi connectivity index (χ1v) is 13.6. The zero-order chi connectivity index (χ0) is 24.6. The van der Waals surface area contributed by atoms with Crippen molar-refractivity contribution in [3.8, 4) is 0 Å². The summed E-state index contributed by atoms with van der Waals surface area (Å²) in [4.78, 5) is 42.8. The van der Waals surface area contributed by atoms with Crippen LogP contribution in [0.15, 0.2) is 0 Å². The average molecular weight is 482 g/mol.